The predicted octanol–water partition coefficient (Wildman–Crippen LogP) is 5.55. The fourth-order valence-corrected chi connectivity index (χ4v) is 2.40. The first-order valence-corrected chi connectivity index (χ1v) is 7.88. The summed E-state index contributed by atoms with van der Waals surface area (Å²) >= 11 is 0. The molecule has 104 valence electrons. The lowest BCUT2D eigenvalue weighted by Crippen LogP contribution is -1.88. The highest BCUT2D eigenvalue weighted by atomic mass is 14.0. The highest BCUT2D eigenvalue weighted by Crippen LogP contribution is 2.12. The van der Waals surface area contributed by atoms with Gasteiger partial charge in [0.2, 0.25) is 0 Å². The molecule has 0 atom stereocenters. The lowest BCUT2D eigenvalue weighted by Gasteiger charge is -2.03. The van der Waals surface area contributed by atoms with Crippen LogP contribution in [0.15, 0.2) is 24.3 Å². The first kappa shape index (κ1) is 15.8. The summed E-state index contributed by atoms with van der Waals surface area (Å²) in [5.74, 6) is 2.68. The average molecular weight is 256 g/mol. The molecule has 0 unspecified atom stereocenters. The van der Waals surface area contributed by atoms with Gasteiger partial charge in [-0.3, -0.25) is 0 Å². The Balaban J connectivity index is 2.04. The summed E-state index contributed by atoms with van der Waals surface area (Å²) in [6, 6.07) is 8.79. The fraction of sp³-hybridized carbons (Fsp3) is 0.579. The summed E-state index contributed by atoms with van der Waals surface area (Å²) in [5, 5.41) is 0. The van der Waals surface area contributed by atoms with Gasteiger partial charge in [0.1, 0.15) is 0 Å². The van der Waals surface area contributed by atoms with Crippen LogP contribution in [-0.2, 0) is 12.8 Å². The van der Waals surface area contributed by atoms with Crippen LogP contribution in [0, 0.1) is 12.3 Å². The van der Waals surface area contributed by atoms with E-state index in [-0.39, 0.29) is 0 Å². The molecule has 0 bridgehead atoms. The SMILES string of the molecule is C#CCc1ccc(CCCCCCCCCC)cc1. The second-order valence-corrected chi connectivity index (χ2v) is 5.42. The number of hydrogen-bond acceptors (Lipinski definition) is 0. The minimum atomic E-state index is 0.748. The Morgan fingerprint density at radius 1 is 0.789 bits per heavy atom. The minimum absolute atomic E-state index is 0.748. The Morgan fingerprint density at radius 2 is 1.32 bits per heavy atom. The zero-order valence-corrected chi connectivity index (χ0v) is 12.5. The van der Waals surface area contributed by atoms with Crippen molar-refractivity contribution in [2.45, 2.75) is 71.1 Å². The summed E-state index contributed by atoms with van der Waals surface area (Å²) in [4.78, 5) is 0. The summed E-state index contributed by atoms with van der Waals surface area (Å²) in [6.07, 6.45) is 18.4. The fourth-order valence-electron chi connectivity index (χ4n) is 2.40. The average Bonchev–Trinajstić information content (AvgIpc) is 2.44. The zero-order chi connectivity index (χ0) is 13.8. The van der Waals surface area contributed by atoms with Crippen LogP contribution < -0.4 is 0 Å². The van der Waals surface area contributed by atoms with Gasteiger partial charge >= 0.3 is 0 Å². The number of unbranched alkanes of at least 4 members (excludes halogenated alkanes) is 7. The van der Waals surface area contributed by atoms with Crippen LogP contribution in [0.3, 0.4) is 0 Å². The van der Waals surface area contributed by atoms with E-state index >= 15 is 0 Å². The van der Waals surface area contributed by atoms with Gasteiger partial charge < -0.3 is 0 Å². The van der Waals surface area contributed by atoms with Crippen LogP contribution in [0.25, 0.3) is 0 Å². The molecule has 1 aromatic rings. The molecule has 0 N–H and O–H groups in total. The largest absolute Gasteiger partial charge is 0.120 e. The maximum Gasteiger partial charge on any atom is 0.0337 e. The van der Waals surface area contributed by atoms with Crippen molar-refractivity contribution in [1.29, 1.82) is 0 Å². The van der Waals surface area contributed by atoms with E-state index in [1.54, 1.807) is 0 Å². The van der Waals surface area contributed by atoms with Gasteiger partial charge in [0.05, 0.1) is 0 Å². The molecule has 0 spiro atoms. The van der Waals surface area contributed by atoms with Crippen LogP contribution >= 0.6 is 0 Å². The maximum absolute atomic E-state index is 5.31. The third kappa shape index (κ3) is 7.73. The molecule has 0 aliphatic heterocycles. The highest BCUT2D eigenvalue weighted by molar-refractivity contribution is 5.25. The van der Waals surface area contributed by atoms with Gasteiger partial charge in [0, 0.05) is 6.42 Å². The molecule has 0 aliphatic rings. The van der Waals surface area contributed by atoms with Gasteiger partial charge in [-0.15, -0.1) is 12.3 Å². The Hall–Kier alpha value is -1.22. The molecule has 0 aliphatic carbocycles. The van der Waals surface area contributed by atoms with Crippen LogP contribution in [-0.4, -0.2) is 0 Å². The summed E-state index contributed by atoms with van der Waals surface area (Å²) in [7, 11) is 0. The molecule has 0 saturated heterocycles. The smallest absolute Gasteiger partial charge is 0.0337 e. The number of terminal acetylenes is 1. The highest BCUT2D eigenvalue weighted by Gasteiger charge is 1.95. The number of benzene rings is 1. The van der Waals surface area contributed by atoms with Crippen molar-refractivity contribution in [2.24, 2.45) is 0 Å². The Morgan fingerprint density at radius 3 is 1.89 bits per heavy atom. The zero-order valence-electron chi connectivity index (χ0n) is 12.5. The second kappa shape index (κ2) is 10.7. The van der Waals surface area contributed by atoms with Crippen molar-refractivity contribution >= 4 is 0 Å². The molecule has 0 heteroatoms. The summed E-state index contributed by atoms with van der Waals surface area (Å²) in [5.41, 5.74) is 2.70. The third-order valence-electron chi connectivity index (χ3n) is 3.65. The molecule has 19 heavy (non-hydrogen) atoms. The predicted molar refractivity (Wildman–Crippen MR) is 85.3 cm³/mol. The van der Waals surface area contributed by atoms with Crippen LogP contribution in [0.1, 0.15) is 69.4 Å². The van der Waals surface area contributed by atoms with Crippen molar-refractivity contribution in [3.63, 3.8) is 0 Å². The molecule has 0 radical (unpaired) electrons. The van der Waals surface area contributed by atoms with Crippen molar-refractivity contribution in [1.82, 2.24) is 0 Å². The van der Waals surface area contributed by atoms with E-state index in [1.165, 1.54) is 68.9 Å². The normalized spacial score (nSPS) is 10.3. The lowest BCUT2D eigenvalue weighted by molar-refractivity contribution is 0.575. The summed E-state index contributed by atoms with van der Waals surface area (Å²) < 4.78 is 0. The number of aryl methyl sites for hydroxylation is 1. The molecule has 0 nitrogen and oxygen atoms in total. The first-order valence-electron chi connectivity index (χ1n) is 7.88. The second-order valence-electron chi connectivity index (χ2n) is 5.42. The van der Waals surface area contributed by atoms with Gasteiger partial charge in [0.15, 0.2) is 0 Å². The lowest BCUT2D eigenvalue weighted by atomic mass is 10.0. The van der Waals surface area contributed by atoms with E-state index in [2.05, 4.69) is 37.1 Å². The van der Waals surface area contributed by atoms with Crippen LogP contribution in [0.5, 0.6) is 0 Å². The van der Waals surface area contributed by atoms with Crippen LogP contribution in [0.4, 0.5) is 0 Å². The third-order valence-corrected chi connectivity index (χ3v) is 3.65. The monoisotopic (exact) mass is 256 g/mol. The van der Waals surface area contributed by atoms with E-state index in [1.807, 2.05) is 0 Å². The Labute approximate surface area is 119 Å². The Bertz CT molecular complexity index is 353. The molecule has 0 saturated carbocycles. The van der Waals surface area contributed by atoms with E-state index in [0.717, 1.165) is 6.42 Å². The van der Waals surface area contributed by atoms with Gasteiger partial charge in [-0.1, -0.05) is 76.1 Å². The molecule has 0 amide bonds. The van der Waals surface area contributed by atoms with Gasteiger partial charge in [0.25, 0.3) is 0 Å². The number of rotatable bonds is 10. The standard InChI is InChI=1S/C19H28/c1-3-5-6-7-8-9-10-11-13-19-16-14-18(12-4-2)15-17-19/h2,14-17H,3,5-13H2,1H3. The van der Waals surface area contributed by atoms with Crippen molar-refractivity contribution in [2.75, 3.05) is 0 Å². The molecule has 1 aromatic carbocycles. The van der Waals surface area contributed by atoms with Gasteiger partial charge in [-0.2, -0.15) is 0 Å². The van der Waals surface area contributed by atoms with E-state index in [9.17, 15) is 0 Å². The molecular formula is C19H28. The number of hydrogen-bond donors (Lipinski definition) is 0. The first-order chi connectivity index (χ1) is 9.36. The molecule has 0 aromatic heterocycles. The molecular weight excluding hydrogens is 228 g/mol. The van der Waals surface area contributed by atoms with Crippen molar-refractivity contribution < 1.29 is 0 Å². The van der Waals surface area contributed by atoms with Crippen molar-refractivity contribution in [3.8, 4) is 12.3 Å². The topological polar surface area (TPSA) is 0 Å². The van der Waals surface area contributed by atoms with Gasteiger partial charge in [-0.25, -0.2) is 0 Å². The Kier molecular flexibility index (Phi) is 8.90. The quantitative estimate of drug-likeness (QED) is 0.380. The molecule has 1 rings (SSSR count). The van der Waals surface area contributed by atoms with Crippen molar-refractivity contribution in [3.05, 3.63) is 35.4 Å². The van der Waals surface area contributed by atoms with Gasteiger partial charge in [-0.05, 0) is 24.0 Å². The van der Waals surface area contributed by atoms with E-state index < -0.39 is 0 Å². The van der Waals surface area contributed by atoms with E-state index in [0.29, 0.717) is 0 Å². The molecule has 0 fully saturated rings. The minimum Gasteiger partial charge on any atom is -0.120 e. The summed E-state index contributed by atoms with van der Waals surface area (Å²) in [6.45, 7) is 2.27. The van der Waals surface area contributed by atoms with Crippen LogP contribution in [0.2, 0.25) is 0 Å². The maximum atomic E-state index is 5.31. The molecule has 0 heterocycles. The van der Waals surface area contributed by atoms with E-state index in [4.69, 9.17) is 6.42 Å².